The lowest BCUT2D eigenvalue weighted by Gasteiger charge is -2.40. The van der Waals surface area contributed by atoms with Crippen LogP contribution in [-0.2, 0) is 14.8 Å². The van der Waals surface area contributed by atoms with E-state index in [9.17, 15) is 13.2 Å². The molecule has 0 aliphatic carbocycles. The second kappa shape index (κ2) is 8.86. The number of ether oxygens (including phenoxy) is 1. The van der Waals surface area contributed by atoms with Gasteiger partial charge in [-0.3, -0.25) is 4.79 Å². The van der Waals surface area contributed by atoms with Gasteiger partial charge in [0.05, 0.1) is 11.8 Å². The number of sulfonamides is 1. The van der Waals surface area contributed by atoms with Crippen LogP contribution in [0.1, 0.15) is 52.0 Å². The third kappa shape index (κ3) is 5.45. The zero-order valence-corrected chi connectivity index (χ0v) is 16.9. The third-order valence-electron chi connectivity index (χ3n) is 4.86. The van der Waals surface area contributed by atoms with Crippen LogP contribution >= 0.6 is 0 Å². The van der Waals surface area contributed by atoms with Crippen LogP contribution in [0.15, 0.2) is 24.3 Å². The predicted molar refractivity (Wildman–Crippen MR) is 103 cm³/mol. The summed E-state index contributed by atoms with van der Waals surface area (Å²) in [6.45, 7) is 8.27. The van der Waals surface area contributed by atoms with Crippen LogP contribution in [0.5, 0.6) is 5.75 Å². The minimum Gasteiger partial charge on any atom is -0.491 e. The smallest absolute Gasteiger partial charge is 0.219 e. The number of piperidine rings is 1. The second-order valence-corrected chi connectivity index (χ2v) is 9.13. The Hall–Kier alpha value is -1.60. The van der Waals surface area contributed by atoms with E-state index in [1.54, 1.807) is 11.8 Å². The maximum atomic E-state index is 12.0. The van der Waals surface area contributed by atoms with Crippen molar-refractivity contribution < 1.29 is 17.9 Å². The molecule has 1 aromatic rings. The molecule has 146 valence electrons. The van der Waals surface area contributed by atoms with E-state index in [1.807, 2.05) is 24.3 Å². The van der Waals surface area contributed by atoms with Gasteiger partial charge in [0.15, 0.2) is 0 Å². The summed E-state index contributed by atoms with van der Waals surface area (Å²) in [7, 11) is -3.34. The number of nitrogens with zero attached hydrogens (tertiary/aromatic N) is 1. The molecule has 7 heteroatoms. The number of carbonyl (C=O) groups excluding carboxylic acids is 1. The lowest BCUT2D eigenvalue weighted by Crippen LogP contribution is -2.59. The maximum Gasteiger partial charge on any atom is 0.219 e. The molecule has 0 saturated carbocycles. The van der Waals surface area contributed by atoms with Crippen molar-refractivity contribution in [2.24, 2.45) is 0 Å². The molecule has 1 aliphatic rings. The van der Waals surface area contributed by atoms with Crippen molar-refractivity contribution in [1.29, 1.82) is 0 Å². The van der Waals surface area contributed by atoms with E-state index < -0.39 is 10.0 Å². The first-order valence-electron chi connectivity index (χ1n) is 9.23. The minimum atomic E-state index is -3.34. The Balaban J connectivity index is 2.12. The molecule has 1 fully saturated rings. The van der Waals surface area contributed by atoms with Crippen molar-refractivity contribution in [3.8, 4) is 5.75 Å². The molecule has 2 rings (SSSR count). The molecule has 2 atom stereocenters. The molecular weight excluding hydrogens is 352 g/mol. The minimum absolute atomic E-state index is 0.0216. The molecule has 1 aromatic carbocycles. The second-order valence-electron chi connectivity index (χ2n) is 7.08. The SMILES string of the molecule is CCS(=O)(=O)N[C@@H]1CCCN(C(C)=O)[C@H]1COc1ccc(C(C)C)cc1. The van der Waals surface area contributed by atoms with E-state index in [-0.39, 0.29) is 30.4 Å². The molecular formula is C19H30N2O4S. The molecule has 1 saturated heterocycles. The summed E-state index contributed by atoms with van der Waals surface area (Å²) < 4.78 is 32.7. The van der Waals surface area contributed by atoms with Crippen LogP contribution in [0.4, 0.5) is 0 Å². The molecule has 0 radical (unpaired) electrons. The fourth-order valence-electron chi connectivity index (χ4n) is 3.24. The van der Waals surface area contributed by atoms with Gasteiger partial charge in [-0.05, 0) is 43.4 Å². The van der Waals surface area contributed by atoms with Crippen LogP contribution < -0.4 is 9.46 Å². The fraction of sp³-hybridized carbons (Fsp3) is 0.632. The molecule has 1 aliphatic heterocycles. The van der Waals surface area contributed by atoms with Gasteiger partial charge in [-0.2, -0.15) is 0 Å². The number of carbonyl (C=O) groups is 1. The third-order valence-corrected chi connectivity index (χ3v) is 6.28. The molecule has 1 N–H and O–H groups in total. The Morgan fingerprint density at radius 1 is 1.31 bits per heavy atom. The number of rotatable bonds is 7. The van der Waals surface area contributed by atoms with Gasteiger partial charge in [-0.25, -0.2) is 13.1 Å². The quantitative estimate of drug-likeness (QED) is 0.786. The van der Waals surface area contributed by atoms with Crippen LogP contribution in [-0.4, -0.2) is 50.2 Å². The highest BCUT2D eigenvalue weighted by Gasteiger charge is 2.35. The molecule has 0 aromatic heterocycles. The number of likely N-dealkylation sites (tertiary alicyclic amines) is 1. The van der Waals surface area contributed by atoms with E-state index in [4.69, 9.17) is 4.74 Å². The highest BCUT2D eigenvalue weighted by molar-refractivity contribution is 7.89. The average molecular weight is 383 g/mol. The zero-order chi connectivity index (χ0) is 19.3. The molecule has 26 heavy (non-hydrogen) atoms. The Labute approximate surface area is 157 Å². The van der Waals surface area contributed by atoms with E-state index in [1.165, 1.54) is 12.5 Å². The maximum absolute atomic E-state index is 12.0. The van der Waals surface area contributed by atoms with Gasteiger partial charge in [-0.15, -0.1) is 0 Å². The van der Waals surface area contributed by atoms with Gasteiger partial charge in [0.1, 0.15) is 12.4 Å². The van der Waals surface area contributed by atoms with Crippen molar-refractivity contribution in [3.05, 3.63) is 29.8 Å². The first kappa shape index (κ1) is 20.7. The lowest BCUT2D eigenvalue weighted by atomic mass is 9.97. The summed E-state index contributed by atoms with van der Waals surface area (Å²) in [5.74, 6) is 1.13. The average Bonchev–Trinajstić information content (AvgIpc) is 2.60. The van der Waals surface area contributed by atoms with Gasteiger partial charge in [0.2, 0.25) is 15.9 Å². The van der Waals surface area contributed by atoms with Gasteiger partial charge < -0.3 is 9.64 Å². The van der Waals surface area contributed by atoms with Gasteiger partial charge in [0, 0.05) is 19.5 Å². The number of hydrogen-bond donors (Lipinski definition) is 1. The zero-order valence-electron chi connectivity index (χ0n) is 16.1. The highest BCUT2D eigenvalue weighted by atomic mass is 32.2. The number of hydrogen-bond acceptors (Lipinski definition) is 4. The highest BCUT2D eigenvalue weighted by Crippen LogP contribution is 2.22. The summed E-state index contributed by atoms with van der Waals surface area (Å²) in [6, 6.07) is 7.25. The topological polar surface area (TPSA) is 75.7 Å². The normalized spacial score (nSPS) is 21.0. The van der Waals surface area contributed by atoms with E-state index in [0.717, 1.165) is 12.2 Å². The van der Waals surface area contributed by atoms with E-state index >= 15 is 0 Å². The monoisotopic (exact) mass is 382 g/mol. The molecule has 0 bridgehead atoms. The Bertz CT molecular complexity index is 701. The van der Waals surface area contributed by atoms with Gasteiger partial charge in [-0.1, -0.05) is 26.0 Å². The largest absolute Gasteiger partial charge is 0.491 e. The van der Waals surface area contributed by atoms with Gasteiger partial charge >= 0.3 is 0 Å². The standard InChI is InChI=1S/C19H30N2O4S/c1-5-26(23,24)20-18-7-6-12-21(15(4)22)19(18)13-25-17-10-8-16(9-11-17)14(2)3/h8-11,14,18-20H,5-7,12-13H2,1-4H3/t18-,19+/m1/s1. The first-order chi connectivity index (χ1) is 12.2. The van der Waals surface area contributed by atoms with Crippen molar-refractivity contribution in [3.63, 3.8) is 0 Å². The molecule has 1 amide bonds. The van der Waals surface area contributed by atoms with Crippen molar-refractivity contribution >= 4 is 15.9 Å². The Kier molecular flexibility index (Phi) is 7.06. The molecule has 1 heterocycles. The lowest BCUT2D eigenvalue weighted by molar-refractivity contribution is -0.134. The molecule has 6 nitrogen and oxygen atoms in total. The van der Waals surface area contributed by atoms with Crippen LogP contribution in [0.3, 0.4) is 0 Å². The van der Waals surface area contributed by atoms with Crippen LogP contribution in [0, 0.1) is 0 Å². The number of nitrogens with one attached hydrogen (secondary N) is 1. The van der Waals surface area contributed by atoms with Crippen LogP contribution in [0.2, 0.25) is 0 Å². The Morgan fingerprint density at radius 3 is 2.50 bits per heavy atom. The molecule has 0 spiro atoms. The van der Waals surface area contributed by atoms with Crippen LogP contribution in [0.25, 0.3) is 0 Å². The van der Waals surface area contributed by atoms with E-state index in [0.29, 0.717) is 18.9 Å². The van der Waals surface area contributed by atoms with Crippen molar-refractivity contribution in [2.75, 3.05) is 18.9 Å². The number of benzene rings is 1. The summed E-state index contributed by atoms with van der Waals surface area (Å²) in [6.07, 6.45) is 1.47. The van der Waals surface area contributed by atoms with Crippen molar-refractivity contribution in [1.82, 2.24) is 9.62 Å². The predicted octanol–water partition coefficient (Wildman–Crippen LogP) is 2.51. The molecule has 0 unspecified atom stereocenters. The van der Waals surface area contributed by atoms with E-state index in [2.05, 4.69) is 18.6 Å². The number of amides is 1. The Morgan fingerprint density at radius 2 is 1.96 bits per heavy atom. The first-order valence-corrected chi connectivity index (χ1v) is 10.9. The summed E-state index contributed by atoms with van der Waals surface area (Å²) in [4.78, 5) is 13.7. The summed E-state index contributed by atoms with van der Waals surface area (Å²) in [5.41, 5.74) is 1.23. The van der Waals surface area contributed by atoms with Crippen molar-refractivity contribution in [2.45, 2.75) is 58.5 Å². The fourth-order valence-corrected chi connectivity index (χ4v) is 4.14. The summed E-state index contributed by atoms with van der Waals surface area (Å²) in [5, 5.41) is 0. The summed E-state index contributed by atoms with van der Waals surface area (Å²) >= 11 is 0. The van der Waals surface area contributed by atoms with Gasteiger partial charge in [0.25, 0.3) is 0 Å².